The van der Waals surface area contributed by atoms with Gasteiger partial charge in [0.1, 0.15) is 0 Å². The van der Waals surface area contributed by atoms with Gasteiger partial charge in [-0.1, -0.05) is 127 Å². The van der Waals surface area contributed by atoms with Crippen LogP contribution in [-0.4, -0.2) is 0 Å². The average Bonchev–Trinajstić information content (AvgIpc) is 2.66. The first-order valence-electron chi connectivity index (χ1n) is 8.82. The molecule has 0 nitrogen and oxygen atoms in total. The van der Waals surface area contributed by atoms with E-state index >= 15 is 0 Å². The third-order valence-corrected chi connectivity index (χ3v) is 1.88. The van der Waals surface area contributed by atoms with E-state index in [2.05, 4.69) is 38.1 Å². The Labute approximate surface area is 141 Å². The lowest BCUT2D eigenvalue weighted by atomic mass is 10.2. The van der Waals surface area contributed by atoms with E-state index < -0.39 is 0 Å². The quantitative estimate of drug-likeness (QED) is 0.461. The molecule has 0 bridgehead atoms. The molecule has 0 saturated heterocycles. The van der Waals surface area contributed by atoms with Crippen molar-refractivity contribution >= 4 is 0 Å². The third kappa shape index (κ3) is 26.9. The molecular formula is C22H40. The Morgan fingerprint density at radius 1 is 0.364 bits per heavy atom. The number of hydrogen-bond donors (Lipinski definition) is 0. The average molecular weight is 305 g/mol. The van der Waals surface area contributed by atoms with Crippen molar-refractivity contribution in [2.75, 3.05) is 0 Å². The first-order chi connectivity index (χ1) is 10.8. The fraction of sp³-hybridized carbons (Fsp3) is 0.455. The summed E-state index contributed by atoms with van der Waals surface area (Å²) in [4.78, 5) is 0. The fourth-order valence-corrected chi connectivity index (χ4v) is 1.02. The van der Waals surface area contributed by atoms with Crippen LogP contribution < -0.4 is 0 Å². The molecule has 0 aliphatic heterocycles. The molecule has 0 N–H and O–H groups in total. The van der Waals surface area contributed by atoms with Crippen LogP contribution in [0.5, 0.6) is 0 Å². The second-order valence-corrected chi connectivity index (χ2v) is 3.31. The SMILES string of the molecule is CC.CC.CC.CC.Cc1ccc(C)cc1.c1ccccc1. The highest BCUT2D eigenvalue weighted by atomic mass is 13.9. The minimum Gasteiger partial charge on any atom is -0.0683 e. The molecule has 2 rings (SSSR count). The molecule has 0 fully saturated rings. The molecule has 0 aliphatic carbocycles. The molecule has 0 atom stereocenters. The van der Waals surface area contributed by atoms with Crippen LogP contribution in [0.1, 0.15) is 66.5 Å². The van der Waals surface area contributed by atoms with Crippen LogP contribution in [-0.2, 0) is 0 Å². The van der Waals surface area contributed by atoms with E-state index in [1.54, 1.807) is 0 Å². The van der Waals surface area contributed by atoms with Crippen molar-refractivity contribution < 1.29 is 0 Å². The van der Waals surface area contributed by atoms with Gasteiger partial charge in [0.05, 0.1) is 0 Å². The fourth-order valence-electron chi connectivity index (χ4n) is 1.02. The standard InChI is InChI=1S/C8H10.C6H6.4C2H6/c1-7-3-5-8(2)6-4-7;1-2-4-6-5-3-1;4*1-2/h3-6H,1-2H3;1-6H;4*1-2H3. The zero-order valence-corrected chi connectivity index (χ0v) is 16.8. The number of benzene rings is 2. The van der Waals surface area contributed by atoms with Crippen LogP contribution in [0.15, 0.2) is 60.7 Å². The maximum Gasteiger partial charge on any atom is -0.0398 e. The van der Waals surface area contributed by atoms with Crippen LogP contribution in [0.2, 0.25) is 0 Å². The lowest BCUT2D eigenvalue weighted by Gasteiger charge is -1.90. The van der Waals surface area contributed by atoms with Crippen LogP contribution in [0, 0.1) is 13.8 Å². The second kappa shape index (κ2) is 31.7. The molecule has 0 amide bonds. The Morgan fingerprint density at radius 2 is 0.500 bits per heavy atom. The molecule has 0 radical (unpaired) electrons. The summed E-state index contributed by atoms with van der Waals surface area (Å²) in [6.45, 7) is 20.2. The first-order valence-corrected chi connectivity index (χ1v) is 8.82. The van der Waals surface area contributed by atoms with Crippen LogP contribution >= 0.6 is 0 Å². The summed E-state index contributed by atoms with van der Waals surface area (Å²) in [7, 11) is 0. The van der Waals surface area contributed by atoms with Crippen LogP contribution in [0.4, 0.5) is 0 Å². The molecule has 0 spiro atoms. The minimum atomic E-state index is 1.33. The molecule has 0 heteroatoms. The lowest BCUT2D eigenvalue weighted by Crippen LogP contribution is -1.70. The molecule has 0 aliphatic rings. The molecule has 0 heterocycles. The molecule has 22 heavy (non-hydrogen) atoms. The summed E-state index contributed by atoms with van der Waals surface area (Å²) in [5.41, 5.74) is 2.66. The number of aryl methyl sites for hydroxylation is 2. The van der Waals surface area contributed by atoms with Crippen molar-refractivity contribution in [3.8, 4) is 0 Å². The van der Waals surface area contributed by atoms with Crippen molar-refractivity contribution in [3.63, 3.8) is 0 Å². The normalized spacial score (nSPS) is 6.64. The van der Waals surface area contributed by atoms with Crippen LogP contribution in [0.25, 0.3) is 0 Å². The van der Waals surface area contributed by atoms with E-state index in [1.165, 1.54) is 11.1 Å². The highest BCUT2D eigenvalue weighted by Crippen LogP contribution is 1.99. The second-order valence-electron chi connectivity index (χ2n) is 3.31. The summed E-state index contributed by atoms with van der Waals surface area (Å²) >= 11 is 0. The highest BCUT2D eigenvalue weighted by Gasteiger charge is 1.79. The van der Waals surface area contributed by atoms with E-state index in [9.17, 15) is 0 Å². The van der Waals surface area contributed by atoms with Crippen LogP contribution in [0.3, 0.4) is 0 Å². The summed E-state index contributed by atoms with van der Waals surface area (Å²) in [5, 5.41) is 0. The Kier molecular flexibility index (Phi) is 41.2. The molecule has 0 saturated carbocycles. The van der Waals surface area contributed by atoms with Crippen molar-refractivity contribution in [1.82, 2.24) is 0 Å². The van der Waals surface area contributed by atoms with E-state index in [4.69, 9.17) is 0 Å². The van der Waals surface area contributed by atoms with E-state index in [1.807, 2.05) is 91.8 Å². The van der Waals surface area contributed by atoms with Gasteiger partial charge in [0.15, 0.2) is 0 Å². The summed E-state index contributed by atoms with van der Waals surface area (Å²) in [6.07, 6.45) is 0. The van der Waals surface area contributed by atoms with E-state index in [-0.39, 0.29) is 0 Å². The highest BCUT2D eigenvalue weighted by molar-refractivity contribution is 5.19. The molecule has 128 valence electrons. The lowest BCUT2D eigenvalue weighted by molar-refractivity contribution is 1.40. The molecule has 0 aromatic heterocycles. The summed E-state index contributed by atoms with van der Waals surface area (Å²) < 4.78 is 0. The predicted octanol–water partition coefficient (Wildman–Crippen LogP) is 8.09. The molecule has 2 aromatic carbocycles. The smallest absolute Gasteiger partial charge is 0.0398 e. The summed E-state index contributed by atoms with van der Waals surface area (Å²) in [6, 6.07) is 20.5. The Balaban J connectivity index is -0.000000103. The van der Waals surface area contributed by atoms with Crippen molar-refractivity contribution in [2.24, 2.45) is 0 Å². The molecule has 0 unspecified atom stereocenters. The topological polar surface area (TPSA) is 0 Å². The Morgan fingerprint density at radius 3 is 0.636 bits per heavy atom. The van der Waals surface area contributed by atoms with Gasteiger partial charge in [-0.05, 0) is 13.8 Å². The maximum absolute atomic E-state index is 2.12. The summed E-state index contributed by atoms with van der Waals surface area (Å²) in [5.74, 6) is 0. The minimum absolute atomic E-state index is 1.33. The van der Waals surface area contributed by atoms with Gasteiger partial charge in [0.2, 0.25) is 0 Å². The monoisotopic (exact) mass is 304 g/mol. The molecular weight excluding hydrogens is 264 g/mol. The van der Waals surface area contributed by atoms with Gasteiger partial charge < -0.3 is 0 Å². The molecule has 2 aromatic rings. The van der Waals surface area contributed by atoms with Gasteiger partial charge >= 0.3 is 0 Å². The largest absolute Gasteiger partial charge is 0.0683 e. The zero-order valence-electron chi connectivity index (χ0n) is 16.8. The predicted molar refractivity (Wildman–Crippen MR) is 108 cm³/mol. The van der Waals surface area contributed by atoms with Gasteiger partial charge in [-0.15, -0.1) is 0 Å². The van der Waals surface area contributed by atoms with Gasteiger partial charge in [0.25, 0.3) is 0 Å². The number of rotatable bonds is 0. The number of hydrogen-bond acceptors (Lipinski definition) is 0. The van der Waals surface area contributed by atoms with Crippen molar-refractivity contribution in [2.45, 2.75) is 69.2 Å². The van der Waals surface area contributed by atoms with E-state index in [0.717, 1.165) is 0 Å². The van der Waals surface area contributed by atoms with Gasteiger partial charge in [0, 0.05) is 0 Å². The first kappa shape index (κ1) is 28.6. The van der Waals surface area contributed by atoms with Gasteiger partial charge in [-0.2, -0.15) is 0 Å². The van der Waals surface area contributed by atoms with E-state index in [0.29, 0.717) is 0 Å². The van der Waals surface area contributed by atoms with Crippen molar-refractivity contribution in [3.05, 3.63) is 71.8 Å². The zero-order chi connectivity index (χ0) is 18.2. The third-order valence-electron chi connectivity index (χ3n) is 1.88. The Bertz CT molecular complexity index is 284. The Hall–Kier alpha value is -1.56. The maximum atomic E-state index is 2.12. The van der Waals surface area contributed by atoms with Gasteiger partial charge in [-0.3, -0.25) is 0 Å². The van der Waals surface area contributed by atoms with Crippen molar-refractivity contribution in [1.29, 1.82) is 0 Å². The van der Waals surface area contributed by atoms with Gasteiger partial charge in [-0.25, -0.2) is 0 Å².